The largest absolute Gasteiger partial charge is 0.387 e. The SMILES string of the molecule is CNCC(O)c1cc(C)n(C)c1C. The zero-order valence-corrected chi connectivity index (χ0v) is 8.76. The van der Waals surface area contributed by atoms with E-state index in [9.17, 15) is 5.11 Å². The van der Waals surface area contributed by atoms with E-state index in [-0.39, 0.29) is 0 Å². The maximum Gasteiger partial charge on any atom is 0.0931 e. The van der Waals surface area contributed by atoms with Crippen LogP contribution in [-0.2, 0) is 7.05 Å². The van der Waals surface area contributed by atoms with Crippen molar-refractivity contribution < 1.29 is 5.11 Å². The monoisotopic (exact) mass is 182 g/mol. The van der Waals surface area contributed by atoms with Gasteiger partial charge in [-0.15, -0.1) is 0 Å². The van der Waals surface area contributed by atoms with E-state index in [1.807, 2.05) is 34.0 Å². The van der Waals surface area contributed by atoms with Crippen LogP contribution in [0.15, 0.2) is 6.07 Å². The van der Waals surface area contributed by atoms with Gasteiger partial charge in [0.1, 0.15) is 0 Å². The minimum Gasteiger partial charge on any atom is -0.387 e. The highest BCUT2D eigenvalue weighted by Gasteiger charge is 2.13. The molecule has 0 aliphatic rings. The number of hydrogen-bond donors (Lipinski definition) is 2. The zero-order valence-electron chi connectivity index (χ0n) is 8.76. The average molecular weight is 182 g/mol. The summed E-state index contributed by atoms with van der Waals surface area (Å²) in [6.07, 6.45) is -0.398. The molecule has 0 spiro atoms. The van der Waals surface area contributed by atoms with Gasteiger partial charge in [0.15, 0.2) is 0 Å². The van der Waals surface area contributed by atoms with Crippen LogP contribution in [0.25, 0.3) is 0 Å². The van der Waals surface area contributed by atoms with Gasteiger partial charge in [0.05, 0.1) is 6.10 Å². The first-order valence-electron chi connectivity index (χ1n) is 4.53. The van der Waals surface area contributed by atoms with Crippen molar-refractivity contribution in [1.29, 1.82) is 0 Å². The molecule has 1 atom stereocenters. The summed E-state index contributed by atoms with van der Waals surface area (Å²) in [6.45, 7) is 4.67. The molecule has 0 aromatic carbocycles. The first-order chi connectivity index (χ1) is 6.07. The molecule has 0 radical (unpaired) electrons. The molecule has 1 aromatic rings. The summed E-state index contributed by atoms with van der Waals surface area (Å²) in [6, 6.07) is 2.04. The van der Waals surface area contributed by atoms with Crippen LogP contribution < -0.4 is 5.32 Å². The zero-order chi connectivity index (χ0) is 10.0. The Morgan fingerprint density at radius 1 is 1.54 bits per heavy atom. The molecule has 3 heteroatoms. The molecule has 0 amide bonds. The van der Waals surface area contributed by atoms with Crippen LogP contribution in [0, 0.1) is 13.8 Å². The smallest absolute Gasteiger partial charge is 0.0931 e. The van der Waals surface area contributed by atoms with Gasteiger partial charge in [-0.1, -0.05) is 0 Å². The number of nitrogens with zero attached hydrogens (tertiary/aromatic N) is 1. The maximum absolute atomic E-state index is 9.76. The van der Waals surface area contributed by atoms with Crippen molar-refractivity contribution in [2.24, 2.45) is 7.05 Å². The van der Waals surface area contributed by atoms with Gasteiger partial charge in [-0.25, -0.2) is 0 Å². The molecule has 1 unspecified atom stereocenters. The maximum atomic E-state index is 9.76. The van der Waals surface area contributed by atoms with Crippen LogP contribution >= 0.6 is 0 Å². The van der Waals surface area contributed by atoms with Crippen molar-refractivity contribution in [3.63, 3.8) is 0 Å². The van der Waals surface area contributed by atoms with E-state index in [1.165, 1.54) is 5.69 Å². The van der Waals surface area contributed by atoms with Gasteiger partial charge in [0.2, 0.25) is 0 Å². The predicted octanol–water partition coefficient (Wildman–Crippen LogP) is 0.895. The summed E-state index contributed by atoms with van der Waals surface area (Å²) >= 11 is 0. The van der Waals surface area contributed by atoms with Crippen molar-refractivity contribution in [3.05, 3.63) is 23.0 Å². The van der Waals surface area contributed by atoms with Gasteiger partial charge >= 0.3 is 0 Å². The number of likely N-dealkylation sites (N-methyl/N-ethyl adjacent to an activating group) is 1. The second kappa shape index (κ2) is 3.94. The number of aliphatic hydroxyl groups is 1. The quantitative estimate of drug-likeness (QED) is 0.728. The third kappa shape index (κ3) is 1.92. The topological polar surface area (TPSA) is 37.2 Å². The fourth-order valence-electron chi connectivity index (χ4n) is 1.53. The van der Waals surface area contributed by atoms with Gasteiger partial charge in [0, 0.05) is 30.5 Å². The van der Waals surface area contributed by atoms with Crippen LogP contribution in [0.2, 0.25) is 0 Å². The number of rotatable bonds is 3. The molecule has 1 aromatic heterocycles. The van der Waals surface area contributed by atoms with Crippen LogP contribution in [0.4, 0.5) is 0 Å². The Morgan fingerprint density at radius 3 is 2.54 bits per heavy atom. The van der Waals surface area contributed by atoms with Crippen LogP contribution in [-0.4, -0.2) is 23.3 Å². The van der Waals surface area contributed by atoms with Crippen LogP contribution in [0.5, 0.6) is 0 Å². The minimum absolute atomic E-state index is 0.398. The molecule has 74 valence electrons. The molecule has 0 saturated carbocycles. The van der Waals surface area contributed by atoms with E-state index in [4.69, 9.17) is 0 Å². The molecule has 3 nitrogen and oxygen atoms in total. The first kappa shape index (κ1) is 10.3. The third-order valence-corrected chi connectivity index (χ3v) is 2.57. The van der Waals surface area contributed by atoms with Gasteiger partial charge in [-0.2, -0.15) is 0 Å². The Kier molecular flexibility index (Phi) is 3.12. The second-order valence-electron chi connectivity index (χ2n) is 3.46. The van der Waals surface area contributed by atoms with Gasteiger partial charge < -0.3 is 15.0 Å². The van der Waals surface area contributed by atoms with Crippen molar-refractivity contribution in [2.75, 3.05) is 13.6 Å². The minimum atomic E-state index is -0.398. The molecule has 0 fully saturated rings. The van der Waals surface area contributed by atoms with Crippen LogP contribution in [0.3, 0.4) is 0 Å². The summed E-state index contributed by atoms with van der Waals surface area (Å²) in [7, 11) is 3.86. The highest BCUT2D eigenvalue weighted by molar-refractivity contribution is 5.28. The number of nitrogens with one attached hydrogen (secondary N) is 1. The second-order valence-corrected chi connectivity index (χ2v) is 3.46. The van der Waals surface area contributed by atoms with Crippen LogP contribution in [0.1, 0.15) is 23.1 Å². The molecular formula is C10H18N2O. The van der Waals surface area contributed by atoms with E-state index >= 15 is 0 Å². The van der Waals surface area contributed by atoms with Gasteiger partial charge in [-0.05, 0) is 27.0 Å². The molecule has 0 saturated heterocycles. The molecule has 1 rings (SSSR count). The van der Waals surface area contributed by atoms with Crippen molar-refractivity contribution in [1.82, 2.24) is 9.88 Å². The lowest BCUT2D eigenvalue weighted by Gasteiger charge is -2.09. The molecule has 0 bridgehead atoms. The molecule has 1 heterocycles. The Bertz CT molecular complexity index is 291. The van der Waals surface area contributed by atoms with E-state index in [1.54, 1.807) is 0 Å². The standard InChI is InChI=1S/C10H18N2O/c1-7-5-9(8(2)12(7)4)10(13)6-11-3/h5,10-11,13H,6H2,1-4H3. The normalized spacial score (nSPS) is 13.3. The van der Waals surface area contributed by atoms with Crippen molar-refractivity contribution in [3.8, 4) is 0 Å². The third-order valence-electron chi connectivity index (χ3n) is 2.57. The lowest BCUT2D eigenvalue weighted by molar-refractivity contribution is 0.177. The average Bonchev–Trinajstić information content (AvgIpc) is 2.33. The van der Waals surface area contributed by atoms with Crippen molar-refractivity contribution in [2.45, 2.75) is 20.0 Å². The fourth-order valence-corrected chi connectivity index (χ4v) is 1.53. The first-order valence-corrected chi connectivity index (χ1v) is 4.53. The highest BCUT2D eigenvalue weighted by atomic mass is 16.3. The molecule has 2 N–H and O–H groups in total. The fraction of sp³-hybridized carbons (Fsp3) is 0.600. The molecule has 0 aliphatic heterocycles. The molecule has 0 aliphatic carbocycles. The van der Waals surface area contributed by atoms with E-state index in [0.29, 0.717) is 6.54 Å². The Balaban J connectivity index is 2.94. The number of aliphatic hydroxyl groups excluding tert-OH is 1. The van der Waals surface area contributed by atoms with Gasteiger partial charge in [0.25, 0.3) is 0 Å². The van der Waals surface area contributed by atoms with Crippen molar-refractivity contribution >= 4 is 0 Å². The van der Waals surface area contributed by atoms with Gasteiger partial charge in [-0.3, -0.25) is 0 Å². The number of aromatic nitrogens is 1. The summed E-state index contributed by atoms with van der Waals surface area (Å²) < 4.78 is 2.09. The summed E-state index contributed by atoms with van der Waals surface area (Å²) in [5, 5.41) is 12.7. The molecule has 13 heavy (non-hydrogen) atoms. The number of hydrogen-bond acceptors (Lipinski definition) is 2. The lowest BCUT2D eigenvalue weighted by atomic mass is 10.1. The predicted molar refractivity (Wildman–Crippen MR) is 53.8 cm³/mol. The lowest BCUT2D eigenvalue weighted by Crippen LogP contribution is -2.17. The van der Waals surface area contributed by atoms with E-state index in [0.717, 1.165) is 11.3 Å². The highest BCUT2D eigenvalue weighted by Crippen LogP contribution is 2.20. The summed E-state index contributed by atoms with van der Waals surface area (Å²) in [5.41, 5.74) is 3.34. The summed E-state index contributed by atoms with van der Waals surface area (Å²) in [4.78, 5) is 0. The van der Waals surface area contributed by atoms with E-state index in [2.05, 4.69) is 9.88 Å². The summed E-state index contributed by atoms with van der Waals surface area (Å²) in [5.74, 6) is 0. The van der Waals surface area contributed by atoms with E-state index < -0.39 is 6.10 Å². The Morgan fingerprint density at radius 2 is 2.15 bits per heavy atom. The Labute approximate surface area is 79.4 Å². The Hall–Kier alpha value is -0.800. The number of aryl methyl sites for hydroxylation is 1. The molecular weight excluding hydrogens is 164 g/mol.